The highest BCUT2D eigenvalue weighted by Crippen LogP contribution is 2.31. The van der Waals surface area contributed by atoms with Crippen molar-refractivity contribution >= 4 is 5.97 Å². The second-order valence-corrected chi connectivity index (χ2v) is 6.55. The van der Waals surface area contributed by atoms with E-state index in [1.165, 1.54) is 0 Å². The van der Waals surface area contributed by atoms with Crippen molar-refractivity contribution in [3.05, 3.63) is 17.2 Å². The van der Waals surface area contributed by atoms with Gasteiger partial charge in [-0.1, -0.05) is 0 Å². The molecule has 1 aromatic heterocycles. The summed E-state index contributed by atoms with van der Waals surface area (Å²) >= 11 is 0. The summed E-state index contributed by atoms with van der Waals surface area (Å²) in [7, 11) is 0. The summed E-state index contributed by atoms with van der Waals surface area (Å²) in [6.45, 7) is 7.23. The van der Waals surface area contributed by atoms with E-state index in [2.05, 4.69) is 28.3 Å². The van der Waals surface area contributed by atoms with Gasteiger partial charge in [-0.3, -0.25) is 0 Å². The molecule has 0 bridgehead atoms. The Bertz CT molecular complexity index is 552. The van der Waals surface area contributed by atoms with Gasteiger partial charge < -0.3 is 20.3 Å². The van der Waals surface area contributed by atoms with Crippen LogP contribution in [0.1, 0.15) is 54.6 Å². The van der Waals surface area contributed by atoms with E-state index in [0.29, 0.717) is 18.4 Å². The Morgan fingerprint density at radius 2 is 2.14 bits per heavy atom. The minimum atomic E-state index is -0.933. The third kappa shape index (κ3) is 2.58. The molecule has 1 fully saturated rings. The first-order valence-corrected chi connectivity index (χ1v) is 7.79. The van der Waals surface area contributed by atoms with Crippen molar-refractivity contribution in [3.8, 4) is 0 Å². The average molecular weight is 292 g/mol. The molecule has 116 valence electrons. The number of imidazole rings is 1. The predicted molar refractivity (Wildman–Crippen MR) is 79.5 cm³/mol. The SMILES string of the molecule is CC(C)N1CCC(c2nc(C(=O)O)c3n2CCC(N)C3)C1. The minimum Gasteiger partial charge on any atom is -0.476 e. The smallest absolute Gasteiger partial charge is 0.356 e. The van der Waals surface area contributed by atoms with Crippen LogP contribution in [0.25, 0.3) is 0 Å². The molecule has 6 heteroatoms. The Hall–Kier alpha value is -1.40. The second kappa shape index (κ2) is 5.42. The van der Waals surface area contributed by atoms with Gasteiger partial charge in [-0.15, -0.1) is 0 Å². The monoisotopic (exact) mass is 292 g/mol. The first kappa shape index (κ1) is 14.5. The Morgan fingerprint density at radius 3 is 2.76 bits per heavy atom. The van der Waals surface area contributed by atoms with Crippen LogP contribution in [0, 0.1) is 0 Å². The molecule has 0 saturated carbocycles. The van der Waals surface area contributed by atoms with Crippen LogP contribution in [0.4, 0.5) is 0 Å². The Labute approximate surface area is 124 Å². The summed E-state index contributed by atoms with van der Waals surface area (Å²) in [6, 6.07) is 0.578. The van der Waals surface area contributed by atoms with Crippen molar-refractivity contribution in [3.63, 3.8) is 0 Å². The summed E-state index contributed by atoms with van der Waals surface area (Å²) in [4.78, 5) is 18.4. The van der Waals surface area contributed by atoms with Crippen LogP contribution >= 0.6 is 0 Å². The molecule has 0 amide bonds. The molecule has 2 aliphatic rings. The summed E-state index contributed by atoms with van der Waals surface area (Å²) in [6.07, 6.45) is 2.57. The summed E-state index contributed by atoms with van der Waals surface area (Å²) < 4.78 is 2.13. The van der Waals surface area contributed by atoms with E-state index in [1.54, 1.807) is 0 Å². The van der Waals surface area contributed by atoms with Crippen molar-refractivity contribution in [2.45, 2.75) is 57.7 Å². The number of carboxylic acid groups (broad SMARTS) is 1. The van der Waals surface area contributed by atoms with Crippen molar-refractivity contribution in [1.29, 1.82) is 0 Å². The van der Waals surface area contributed by atoms with Crippen LogP contribution in [0.2, 0.25) is 0 Å². The molecule has 6 nitrogen and oxygen atoms in total. The molecule has 2 atom stereocenters. The molecule has 2 aliphatic heterocycles. The van der Waals surface area contributed by atoms with Gasteiger partial charge in [0, 0.05) is 37.5 Å². The number of fused-ring (bicyclic) bond motifs is 1. The number of aromatic carboxylic acids is 1. The van der Waals surface area contributed by atoms with Crippen LogP contribution in [-0.4, -0.2) is 50.7 Å². The molecule has 0 aromatic carbocycles. The highest BCUT2D eigenvalue weighted by molar-refractivity contribution is 5.87. The van der Waals surface area contributed by atoms with Crippen LogP contribution in [-0.2, 0) is 13.0 Å². The normalized spacial score (nSPS) is 26.3. The fraction of sp³-hybridized carbons (Fsp3) is 0.733. The van der Waals surface area contributed by atoms with E-state index < -0.39 is 5.97 Å². The molecule has 3 N–H and O–H groups in total. The maximum absolute atomic E-state index is 11.5. The number of carbonyl (C=O) groups is 1. The van der Waals surface area contributed by atoms with E-state index >= 15 is 0 Å². The highest BCUT2D eigenvalue weighted by atomic mass is 16.4. The number of aromatic nitrogens is 2. The van der Waals surface area contributed by atoms with E-state index in [-0.39, 0.29) is 11.7 Å². The lowest BCUT2D eigenvalue weighted by Crippen LogP contribution is -2.32. The van der Waals surface area contributed by atoms with Gasteiger partial charge in [-0.05, 0) is 33.2 Å². The summed E-state index contributed by atoms with van der Waals surface area (Å²) in [5.41, 5.74) is 7.03. The summed E-state index contributed by atoms with van der Waals surface area (Å²) in [5.74, 6) is 0.365. The van der Waals surface area contributed by atoms with Gasteiger partial charge in [0.05, 0.1) is 5.69 Å². The van der Waals surface area contributed by atoms with Crippen LogP contribution in [0.3, 0.4) is 0 Å². The Morgan fingerprint density at radius 1 is 1.38 bits per heavy atom. The molecular weight excluding hydrogens is 268 g/mol. The van der Waals surface area contributed by atoms with Gasteiger partial charge in [-0.25, -0.2) is 9.78 Å². The number of carboxylic acids is 1. The number of likely N-dealkylation sites (tertiary alicyclic amines) is 1. The largest absolute Gasteiger partial charge is 0.476 e. The molecular formula is C15H24N4O2. The standard InChI is InChI=1S/C15H24N4O2/c1-9(2)18-5-3-10(8-18)14-17-13(15(20)21)12-7-11(16)4-6-19(12)14/h9-11H,3-8,16H2,1-2H3,(H,20,21). The van der Waals surface area contributed by atoms with Crippen LogP contribution in [0.5, 0.6) is 0 Å². The summed E-state index contributed by atoms with van der Waals surface area (Å²) in [5, 5.41) is 9.40. The first-order valence-electron chi connectivity index (χ1n) is 7.79. The van der Waals surface area contributed by atoms with Crippen LogP contribution < -0.4 is 5.73 Å². The zero-order valence-electron chi connectivity index (χ0n) is 12.7. The molecule has 3 heterocycles. The number of hydrogen-bond donors (Lipinski definition) is 2. The van der Waals surface area contributed by atoms with Gasteiger partial charge in [0.2, 0.25) is 0 Å². The van der Waals surface area contributed by atoms with Gasteiger partial charge >= 0.3 is 5.97 Å². The van der Waals surface area contributed by atoms with Crippen molar-refractivity contribution < 1.29 is 9.90 Å². The molecule has 21 heavy (non-hydrogen) atoms. The Balaban J connectivity index is 1.93. The molecule has 1 aromatic rings. The maximum Gasteiger partial charge on any atom is 0.356 e. The highest BCUT2D eigenvalue weighted by Gasteiger charge is 2.33. The fourth-order valence-corrected chi connectivity index (χ4v) is 3.56. The van der Waals surface area contributed by atoms with Gasteiger partial charge in [-0.2, -0.15) is 0 Å². The molecule has 2 unspecified atom stereocenters. The fourth-order valence-electron chi connectivity index (χ4n) is 3.56. The van der Waals surface area contributed by atoms with E-state index in [1.807, 2.05) is 0 Å². The zero-order valence-corrected chi connectivity index (χ0v) is 12.7. The minimum absolute atomic E-state index is 0.0518. The number of nitrogens with zero attached hydrogens (tertiary/aromatic N) is 3. The quantitative estimate of drug-likeness (QED) is 0.870. The topological polar surface area (TPSA) is 84.4 Å². The van der Waals surface area contributed by atoms with Gasteiger partial charge in [0.1, 0.15) is 5.82 Å². The number of hydrogen-bond acceptors (Lipinski definition) is 4. The first-order chi connectivity index (χ1) is 9.97. The lowest BCUT2D eigenvalue weighted by Gasteiger charge is -2.24. The second-order valence-electron chi connectivity index (χ2n) is 6.55. The molecule has 1 saturated heterocycles. The third-order valence-corrected chi connectivity index (χ3v) is 4.80. The average Bonchev–Trinajstić information content (AvgIpc) is 3.01. The van der Waals surface area contributed by atoms with Crippen LogP contribution in [0.15, 0.2) is 0 Å². The van der Waals surface area contributed by atoms with E-state index in [9.17, 15) is 9.90 Å². The van der Waals surface area contributed by atoms with E-state index in [0.717, 1.165) is 44.0 Å². The lowest BCUT2D eigenvalue weighted by atomic mass is 10.0. The van der Waals surface area contributed by atoms with Crippen molar-refractivity contribution in [2.24, 2.45) is 5.73 Å². The maximum atomic E-state index is 11.5. The Kier molecular flexibility index (Phi) is 3.75. The van der Waals surface area contributed by atoms with Gasteiger partial charge in [0.25, 0.3) is 0 Å². The van der Waals surface area contributed by atoms with Crippen molar-refractivity contribution in [2.75, 3.05) is 13.1 Å². The number of rotatable bonds is 3. The van der Waals surface area contributed by atoms with E-state index in [4.69, 9.17) is 5.73 Å². The predicted octanol–water partition coefficient (Wildman–Crippen LogP) is 1.05. The number of nitrogens with two attached hydrogens (primary N) is 1. The van der Waals surface area contributed by atoms with Crippen molar-refractivity contribution in [1.82, 2.24) is 14.5 Å². The third-order valence-electron chi connectivity index (χ3n) is 4.80. The lowest BCUT2D eigenvalue weighted by molar-refractivity contribution is 0.0689. The molecule has 0 aliphatic carbocycles. The van der Waals surface area contributed by atoms with Gasteiger partial charge in [0.15, 0.2) is 5.69 Å². The zero-order chi connectivity index (χ0) is 15.1. The molecule has 0 radical (unpaired) electrons. The molecule has 0 spiro atoms. The molecule has 3 rings (SSSR count).